The number of rotatable bonds is 7. The molecule has 7 nitrogen and oxygen atoms in total. The second-order valence-corrected chi connectivity index (χ2v) is 8.50. The number of nitrogens with zero attached hydrogens (tertiary/aromatic N) is 2. The number of ether oxygens (including phenoxy) is 3. The summed E-state index contributed by atoms with van der Waals surface area (Å²) in [4.78, 5) is 8.28. The van der Waals surface area contributed by atoms with Crippen LogP contribution in [0.3, 0.4) is 0 Å². The summed E-state index contributed by atoms with van der Waals surface area (Å²) < 4.78 is 16.6. The molecule has 3 heterocycles. The highest BCUT2D eigenvalue weighted by Gasteiger charge is 2.26. The molecule has 2 aliphatic heterocycles. The molecule has 0 radical (unpaired) electrons. The number of nitrogens with one attached hydrogen (secondary N) is 2. The molecule has 2 aliphatic rings. The zero-order chi connectivity index (χ0) is 20.8. The lowest BCUT2D eigenvalue weighted by molar-refractivity contribution is -0.0334. The van der Waals surface area contributed by atoms with E-state index in [0.717, 1.165) is 56.7 Å². The van der Waals surface area contributed by atoms with E-state index in [9.17, 15) is 0 Å². The Kier molecular flexibility index (Phi) is 7.09. The average Bonchev–Trinajstić information content (AvgIpc) is 3.44. The molecule has 0 aliphatic carbocycles. The number of morpholine rings is 1. The third kappa shape index (κ3) is 5.24. The number of thiophene rings is 1. The van der Waals surface area contributed by atoms with Crippen molar-refractivity contribution in [3.63, 3.8) is 0 Å². The molecule has 1 aromatic carbocycles. The van der Waals surface area contributed by atoms with Crippen LogP contribution in [0.4, 0.5) is 0 Å². The zero-order valence-electron chi connectivity index (χ0n) is 17.6. The van der Waals surface area contributed by atoms with Crippen LogP contribution in [-0.4, -0.2) is 63.6 Å². The van der Waals surface area contributed by atoms with Gasteiger partial charge in [0, 0.05) is 38.1 Å². The second kappa shape index (κ2) is 10.1. The summed E-state index contributed by atoms with van der Waals surface area (Å²) in [6.07, 6.45) is 1.15. The Morgan fingerprint density at radius 2 is 2.17 bits per heavy atom. The summed E-state index contributed by atoms with van der Waals surface area (Å²) in [5.74, 6) is 2.47. The van der Waals surface area contributed by atoms with Crippen LogP contribution in [0, 0.1) is 0 Å². The molecular weight excluding hydrogens is 400 g/mol. The molecule has 0 spiro atoms. The van der Waals surface area contributed by atoms with E-state index in [1.54, 1.807) is 11.3 Å². The van der Waals surface area contributed by atoms with Crippen molar-refractivity contribution < 1.29 is 14.2 Å². The summed E-state index contributed by atoms with van der Waals surface area (Å²) in [5.41, 5.74) is 1.21. The van der Waals surface area contributed by atoms with Crippen molar-refractivity contribution in [3.05, 3.63) is 46.2 Å². The van der Waals surface area contributed by atoms with E-state index in [2.05, 4.69) is 51.0 Å². The topological polar surface area (TPSA) is 67.4 Å². The highest BCUT2D eigenvalue weighted by atomic mass is 32.1. The van der Waals surface area contributed by atoms with Crippen LogP contribution in [0.1, 0.15) is 23.4 Å². The fourth-order valence-electron chi connectivity index (χ4n) is 3.85. The highest BCUT2D eigenvalue weighted by Crippen LogP contribution is 2.32. The van der Waals surface area contributed by atoms with E-state index in [4.69, 9.17) is 14.2 Å². The Bertz CT molecular complexity index is 843. The third-order valence-electron chi connectivity index (χ3n) is 5.41. The first kappa shape index (κ1) is 21.0. The predicted molar refractivity (Wildman–Crippen MR) is 120 cm³/mol. The van der Waals surface area contributed by atoms with Gasteiger partial charge in [-0.1, -0.05) is 12.1 Å². The van der Waals surface area contributed by atoms with Crippen molar-refractivity contribution in [1.82, 2.24) is 15.5 Å². The van der Waals surface area contributed by atoms with E-state index in [0.29, 0.717) is 12.8 Å². The van der Waals surface area contributed by atoms with Gasteiger partial charge >= 0.3 is 0 Å². The van der Waals surface area contributed by atoms with Crippen LogP contribution < -0.4 is 20.1 Å². The molecule has 2 atom stereocenters. The maximum atomic E-state index is 5.73. The van der Waals surface area contributed by atoms with Crippen molar-refractivity contribution in [2.24, 2.45) is 4.99 Å². The molecule has 8 heteroatoms. The lowest BCUT2D eigenvalue weighted by Gasteiger charge is -2.37. The Morgan fingerprint density at radius 3 is 2.97 bits per heavy atom. The molecule has 1 saturated heterocycles. The predicted octanol–water partition coefficient (Wildman–Crippen LogP) is 2.65. The first-order valence-corrected chi connectivity index (χ1v) is 11.3. The van der Waals surface area contributed by atoms with E-state index >= 15 is 0 Å². The second-order valence-electron chi connectivity index (χ2n) is 7.53. The summed E-state index contributed by atoms with van der Waals surface area (Å²) in [6, 6.07) is 10.7. The van der Waals surface area contributed by atoms with Crippen LogP contribution in [0.2, 0.25) is 0 Å². The molecule has 0 bridgehead atoms. The van der Waals surface area contributed by atoms with Gasteiger partial charge in [0.1, 0.15) is 0 Å². The van der Waals surface area contributed by atoms with E-state index in [1.807, 2.05) is 19.2 Å². The van der Waals surface area contributed by atoms with Gasteiger partial charge in [0.2, 0.25) is 6.79 Å². The van der Waals surface area contributed by atoms with Crippen LogP contribution in [0.5, 0.6) is 11.5 Å². The lowest BCUT2D eigenvalue weighted by atomic mass is 10.1. The fraction of sp³-hybridized carbons (Fsp3) is 0.500. The smallest absolute Gasteiger partial charge is 0.231 e. The van der Waals surface area contributed by atoms with Gasteiger partial charge in [0.05, 0.1) is 18.8 Å². The molecule has 0 saturated carbocycles. The van der Waals surface area contributed by atoms with Crippen LogP contribution in [-0.2, 0) is 11.2 Å². The fourth-order valence-corrected chi connectivity index (χ4v) is 4.72. The molecule has 30 heavy (non-hydrogen) atoms. The van der Waals surface area contributed by atoms with Gasteiger partial charge in [-0.2, -0.15) is 0 Å². The van der Waals surface area contributed by atoms with Crippen LogP contribution in [0.25, 0.3) is 0 Å². The number of hydrogen-bond acceptors (Lipinski definition) is 6. The molecular formula is C22H30N4O3S. The Labute approximate surface area is 182 Å². The maximum absolute atomic E-state index is 5.73. The van der Waals surface area contributed by atoms with Crippen molar-refractivity contribution >= 4 is 17.3 Å². The van der Waals surface area contributed by atoms with Crippen LogP contribution in [0.15, 0.2) is 40.7 Å². The first-order chi connectivity index (χ1) is 14.7. The first-order valence-electron chi connectivity index (χ1n) is 10.4. The standard InChI is InChI=1S/C22H30N4O3S/c1-16-14-26(9-10-27-16)18(21-4-3-11-30-21)13-25-22(23-2)24-8-7-17-5-6-19-20(12-17)29-15-28-19/h3-6,11-12,16,18H,7-10,13-15H2,1-2H3,(H2,23,24,25). The molecule has 162 valence electrons. The number of benzene rings is 1. The molecule has 2 N–H and O–H groups in total. The van der Waals surface area contributed by atoms with Gasteiger partial charge in [-0.25, -0.2) is 0 Å². The molecule has 2 aromatic rings. The van der Waals surface area contributed by atoms with Gasteiger partial charge in [-0.05, 0) is 42.5 Å². The minimum Gasteiger partial charge on any atom is -0.454 e. The van der Waals surface area contributed by atoms with Gasteiger partial charge in [-0.15, -0.1) is 11.3 Å². The number of hydrogen-bond donors (Lipinski definition) is 2. The quantitative estimate of drug-likeness (QED) is 0.520. The van der Waals surface area contributed by atoms with E-state index in [1.165, 1.54) is 10.4 Å². The summed E-state index contributed by atoms with van der Waals surface area (Å²) in [7, 11) is 1.81. The lowest BCUT2D eigenvalue weighted by Crippen LogP contribution is -2.48. The van der Waals surface area contributed by atoms with E-state index in [-0.39, 0.29) is 6.10 Å². The zero-order valence-corrected chi connectivity index (χ0v) is 18.4. The monoisotopic (exact) mass is 430 g/mol. The minimum atomic E-state index is 0.264. The molecule has 2 unspecified atom stereocenters. The average molecular weight is 431 g/mol. The van der Waals surface area contributed by atoms with Crippen molar-refractivity contribution in [3.8, 4) is 11.5 Å². The third-order valence-corrected chi connectivity index (χ3v) is 6.39. The van der Waals surface area contributed by atoms with E-state index < -0.39 is 0 Å². The number of fused-ring (bicyclic) bond motifs is 1. The van der Waals surface area contributed by atoms with Crippen LogP contribution >= 0.6 is 11.3 Å². The Morgan fingerprint density at radius 1 is 1.27 bits per heavy atom. The summed E-state index contributed by atoms with van der Waals surface area (Å²) in [6.45, 7) is 6.72. The van der Waals surface area contributed by atoms with Crippen molar-refractivity contribution in [2.45, 2.75) is 25.5 Å². The number of guanidine groups is 1. The van der Waals surface area contributed by atoms with Gasteiger partial charge < -0.3 is 24.8 Å². The van der Waals surface area contributed by atoms with Gasteiger partial charge in [0.25, 0.3) is 0 Å². The largest absolute Gasteiger partial charge is 0.454 e. The number of aliphatic imine (C=N–C) groups is 1. The molecule has 4 rings (SSSR count). The Hall–Kier alpha value is -2.29. The molecule has 0 amide bonds. The SMILES string of the molecule is CN=C(NCCc1ccc2c(c1)OCO2)NCC(c1cccs1)N1CCOC(C)C1. The molecule has 1 aromatic heterocycles. The Balaban J connectivity index is 1.30. The van der Waals surface area contributed by atoms with Gasteiger partial charge in [-0.3, -0.25) is 9.89 Å². The summed E-state index contributed by atoms with van der Waals surface area (Å²) >= 11 is 1.81. The highest BCUT2D eigenvalue weighted by molar-refractivity contribution is 7.10. The maximum Gasteiger partial charge on any atom is 0.231 e. The minimum absolute atomic E-state index is 0.264. The van der Waals surface area contributed by atoms with Crippen molar-refractivity contribution in [1.29, 1.82) is 0 Å². The van der Waals surface area contributed by atoms with Crippen molar-refractivity contribution in [2.75, 3.05) is 46.6 Å². The normalized spacial score (nSPS) is 20.2. The molecule has 1 fully saturated rings. The summed E-state index contributed by atoms with van der Waals surface area (Å²) in [5, 5.41) is 9.08. The van der Waals surface area contributed by atoms with Gasteiger partial charge in [0.15, 0.2) is 17.5 Å².